The van der Waals surface area contributed by atoms with E-state index in [1.54, 1.807) is 22.9 Å². The normalized spacial score (nSPS) is 10.7. The molecule has 0 saturated heterocycles. The van der Waals surface area contributed by atoms with Gasteiger partial charge in [0.2, 0.25) is 0 Å². The van der Waals surface area contributed by atoms with Crippen molar-refractivity contribution in [3.8, 4) is 11.8 Å². The van der Waals surface area contributed by atoms with Crippen LogP contribution in [0.15, 0.2) is 36.7 Å². The molecule has 2 aromatic heterocycles. The standard InChI is InChI=1S/C12H7N3O/c13-7-9-11(16)8-3-1-2-4-10(8)15-6-5-14-12(9)15/h1-6,16H. The Kier molecular flexibility index (Phi) is 1.62. The van der Waals surface area contributed by atoms with Crippen molar-refractivity contribution in [3.63, 3.8) is 0 Å². The molecule has 0 aliphatic rings. The quantitative estimate of drug-likeness (QED) is 0.616. The number of benzene rings is 1. The Morgan fingerprint density at radius 3 is 2.94 bits per heavy atom. The average molecular weight is 209 g/mol. The maximum atomic E-state index is 9.99. The van der Waals surface area contributed by atoms with Crippen molar-refractivity contribution < 1.29 is 5.11 Å². The first-order chi connectivity index (χ1) is 7.83. The summed E-state index contributed by atoms with van der Waals surface area (Å²) in [5.74, 6) is -0.00296. The van der Waals surface area contributed by atoms with Crippen LogP contribution in [0.2, 0.25) is 0 Å². The van der Waals surface area contributed by atoms with Crippen LogP contribution in [0.25, 0.3) is 16.6 Å². The highest BCUT2D eigenvalue weighted by Gasteiger charge is 2.13. The summed E-state index contributed by atoms with van der Waals surface area (Å²) in [6, 6.07) is 9.35. The second kappa shape index (κ2) is 2.97. The highest BCUT2D eigenvalue weighted by molar-refractivity contribution is 5.91. The smallest absolute Gasteiger partial charge is 0.158 e. The minimum atomic E-state index is -0.00296. The number of nitriles is 1. The third kappa shape index (κ3) is 0.943. The molecule has 76 valence electrons. The van der Waals surface area contributed by atoms with Gasteiger partial charge in [-0.15, -0.1) is 0 Å². The van der Waals surface area contributed by atoms with Crippen molar-refractivity contribution in [1.29, 1.82) is 5.26 Å². The van der Waals surface area contributed by atoms with E-state index >= 15 is 0 Å². The minimum Gasteiger partial charge on any atom is -0.506 e. The van der Waals surface area contributed by atoms with Crippen LogP contribution in [-0.2, 0) is 0 Å². The zero-order valence-electron chi connectivity index (χ0n) is 8.25. The topological polar surface area (TPSA) is 61.3 Å². The molecule has 0 aliphatic carbocycles. The van der Waals surface area contributed by atoms with Crippen molar-refractivity contribution in [2.45, 2.75) is 0 Å². The molecule has 1 N–H and O–H groups in total. The summed E-state index contributed by atoms with van der Waals surface area (Å²) in [7, 11) is 0. The molecule has 0 aliphatic heterocycles. The van der Waals surface area contributed by atoms with Gasteiger partial charge in [-0.2, -0.15) is 5.26 Å². The molecule has 2 heterocycles. The summed E-state index contributed by atoms with van der Waals surface area (Å²) in [4.78, 5) is 4.08. The molecule has 4 heteroatoms. The van der Waals surface area contributed by atoms with Gasteiger partial charge >= 0.3 is 0 Å². The van der Waals surface area contributed by atoms with Crippen molar-refractivity contribution in [1.82, 2.24) is 9.38 Å². The monoisotopic (exact) mass is 209 g/mol. The van der Waals surface area contributed by atoms with E-state index in [-0.39, 0.29) is 11.3 Å². The molecular formula is C12H7N3O. The van der Waals surface area contributed by atoms with E-state index in [1.807, 2.05) is 24.3 Å². The number of para-hydroxylation sites is 1. The fourth-order valence-electron chi connectivity index (χ4n) is 1.91. The van der Waals surface area contributed by atoms with Crippen molar-refractivity contribution in [3.05, 3.63) is 42.2 Å². The summed E-state index contributed by atoms with van der Waals surface area (Å²) in [6.07, 6.45) is 3.39. The molecule has 0 radical (unpaired) electrons. The van der Waals surface area contributed by atoms with Gasteiger partial charge in [0, 0.05) is 17.8 Å². The Balaban J connectivity index is 2.70. The van der Waals surface area contributed by atoms with Gasteiger partial charge in [0.05, 0.1) is 5.52 Å². The van der Waals surface area contributed by atoms with E-state index in [2.05, 4.69) is 4.98 Å². The molecule has 0 bridgehead atoms. The first-order valence-corrected chi connectivity index (χ1v) is 4.80. The van der Waals surface area contributed by atoms with Crippen LogP contribution in [0.4, 0.5) is 0 Å². The second-order valence-corrected chi connectivity index (χ2v) is 3.47. The number of aromatic hydroxyl groups is 1. The molecular weight excluding hydrogens is 202 g/mol. The summed E-state index contributed by atoms with van der Waals surface area (Å²) in [6.45, 7) is 0. The molecule has 1 aromatic carbocycles. The van der Waals surface area contributed by atoms with E-state index in [9.17, 15) is 5.11 Å². The first kappa shape index (κ1) is 8.74. The van der Waals surface area contributed by atoms with Gasteiger partial charge in [-0.3, -0.25) is 4.40 Å². The number of hydrogen-bond acceptors (Lipinski definition) is 3. The molecule has 4 nitrogen and oxygen atoms in total. The molecule has 0 amide bonds. The second-order valence-electron chi connectivity index (χ2n) is 3.47. The van der Waals surface area contributed by atoms with Crippen LogP contribution < -0.4 is 0 Å². The van der Waals surface area contributed by atoms with Crippen molar-refractivity contribution in [2.24, 2.45) is 0 Å². The van der Waals surface area contributed by atoms with E-state index < -0.39 is 0 Å². The Bertz CT molecular complexity index is 737. The fraction of sp³-hybridized carbons (Fsp3) is 0. The molecule has 16 heavy (non-hydrogen) atoms. The highest BCUT2D eigenvalue weighted by Crippen LogP contribution is 2.30. The molecule has 0 spiro atoms. The number of hydrogen-bond donors (Lipinski definition) is 1. The van der Waals surface area contributed by atoms with Crippen molar-refractivity contribution in [2.75, 3.05) is 0 Å². The maximum Gasteiger partial charge on any atom is 0.158 e. The van der Waals surface area contributed by atoms with Crippen LogP contribution in [0.3, 0.4) is 0 Å². The highest BCUT2D eigenvalue weighted by atomic mass is 16.3. The third-order valence-corrected chi connectivity index (χ3v) is 2.63. The zero-order chi connectivity index (χ0) is 11.1. The van der Waals surface area contributed by atoms with Gasteiger partial charge < -0.3 is 5.11 Å². The molecule has 3 aromatic rings. The molecule has 0 unspecified atom stereocenters. The molecule has 0 atom stereocenters. The van der Waals surface area contributed by atoms with E-state index in [1.165, 1.54) is 0 Å². The molecule has 0 fully saturated rings. The van der Waals surface area contributed by atoms with Crippen molar-refractivity contribution >= 4 is 16.6 Å². The predicted octanol–water partition coefficient (Wildman–Crippen LogP) is 2.06. The number of imidazole rings is 1. The van der Waals surface area contributed by atoms with Gasteiger partial charge in [0.15, 0.2) is 5.65 Å². The summed E-state index contributed by atoms with van der Waals surface area (Å²) >= 11 is 0. The van der Waals surface area contributed by atoms with Crippen LogP contribution in [-0.4, -0.2) is 14.5 Å². The number of aromatic nitrogens is 2. The lowest BCUT2D eigenvalue weighted by Gasteiger charge is -2.06. The Hall–Kier alpha value is -2.54. The Labute approximate surface area is 91.0 Å². The number of pyridine rings is 1. The van der Waals surface area contributed by atoms with Crippen LogP contribution in [0, 0.1) is 11.3 Å². The number of fused-ring (bicyclic) bond motifs is 3. The van der Waals surface area contributed by atoms with Gasteiger partial charge in [-0.1, -0.05) is 12.1 Å². The van der Waals surface area contributed by atoms with Gasteiger partial charge in [-0.25, -0.2) is 4.98 Å². The van der Waals surface area contributed by atoms with Gasteiger partial charge in [0.25, 0.3) is 0 Å². The van der Waals surface area contributed by atoms with Gasteiger partial charge in [-0.05, 0) is 12.1 Å². The first-order valence-electron chi connectivity index (χ1n) is 4.80. The van der Waals surface area contributed by atoms with E-state index in [0.29, 0.717) is 11.0 Å². The molecule has 3 rings (SSSR count). The number of rotatable bonds is 0. The summed E-state index contributed by atoms with van der Waals surface area (Å²) in [5.41, 5.74) is 1.54. The predicted molar refractivity (Wildman–Crippen MR) is 59.1 cm³/mol. The van der Waals surface area contributed by atoms with Crippen LogP contribution in [0.1, 0.15) is 5.56 Å². The number of nitrogens with zero attached hydrogens (tertiary/aromatic N) is 3. The lowest BCUT2D eigenvalue weighted by Crippen LogP contribution is -1.92. The van der Waals surface area contributed by atoms with Crippen LogP contribution >= 0.6 is 0 Å². The van der Waals surface area contributed by atoms with Gasteiger partial charge in [0.1, 0.15) is 17.4 Å². The molecule has 0 saturated carbocycles. The lowest BCUT2D eigenvalue weighted by molar-refractivity contribution is 0.480. The summed E-state index contributed by atoms with van der Waals surface area (Å²) < 4.78 is 1.80. The van der Waals surface area contributed by atoms with Crippen LogP contribution in [0.5, 0.6) is 5.75 Å². The SMILES string of the molecule is N#Cc1c(O)c2ccccc2n2ccnc12. The summed E-state index contributed by atoms with van der Waals surface area (Å²) in [5, 5.41) is 19.7. The fourth-order valence-corrected chi connectivity index (χ4v) is 1.91. The zero-order valence-corrected chi connectivity index (χ0v) is 8.25. The Morgan fingerprint density at radius 2 is 2.12 bits per heavy atom. The third-order valence-electron chi connectivity index (χ3n) is 2.63. The maximum absolute atomic E-state index is 9.99. The Morgan fingerprint density at radius 1 is 1.31 bits per heavy atom. The van der Waals surface area contributed by atoms with E-state index in [4.69, 9.17) is 5.26 Å². The minimum absolute atomic E-state index is 0.00296. The largest absolute Gasteiger partial charge is 0.506 e. The lowest BCUT2D eigenvalue weighted by atomic mass is 10.1. The average Bonchev–Trinajstić information content (AvgIpc) is 2.79. The van der Waals surface area contributed by atoms with E-state index in [0.717, 1.165) is 5.52 Å².